The minimum Gasteiger partial charge on any atom is -0.440 e. The van der Waals surface area contributed by atoms with Gasteiger partial charge in [0.1, 0.15) is 16.6 Å². The van der Waals surface area contributed by atoms with Crippen LogP contribution in [0.4, 0.5) is 0 Å². The maximum absolute atomic E-state index is 8.88. The molecule has 6 aromatic rings. The van der Waals surface area contributed by atoms with E-state index in [1.165, 1.54) is 6.20 Å². The number of hydrogen-bond acceptors (Lipinski definition) is 5. The van der Waals surface area contributed by atoms with E-state index in [9.17, 15) is 0 Å². The van der Waals surface area contributed by atoms with Crippen molar-refractivity contribution in [2.75, 3.05) is 0 Å². The molecule has 0 bridgehead atoms. The van der Waals surface area contributed by atoms with Crippen LogP contribution in [0.25, 0.3) is 55.3 Å². The van der Waals surface area contributed by atoms with E-state index in [0.717, 1.165) is 16.2 Å². The molecule has 0 N–H and O–H groups in total. The molecule has 0 saturated carbocycles. The third kappa shape index (κ3) is 3.74. The van der Waals surface area contributed by atoms with Crippen LogP contribution in [0.2, 0.25) is 0 Å². The van der Waals surface area contributed by atoms with Gasteiger partial charge in [0.05, 0.1) is 5.69 Å². The molecule has 0 spiro atoms. The van der Waals surface area contributed by atoms with Crippen LogP contribution in [0, 0.1) is 12.3 Å². The molecule has 4 aromatic heterocycles. The van der Waals surface area contributed by atoms with Crippen LogP contribution in [0.5, 0.6) is 0 Å². The van der Waals surface area contributed by atoms with Gasteiger partial charge in [-0.3, -0.25) is 4.98 Å². The van der Waals surface area contributed by atoms with E-state index in [0.29, 0.717) is 45.1 Å². The van der Waals surface area contributed by atoms with Gasteiger partial charge in [-0.25, -0.2) is 9.97 Å². The minimum atomic E-state index is -2.52. The molecular formula is C31H31N3O2. The first-order valence-corrected chi connectivity index (χ1v) is 12.0. The molecule has 0 unspecified atom stereocenters. The van der Waals surface area contributed by atoms with E-state index < -0.39 is 18.6 Å². The quantitative estimate of drug-likeness (QED) is 0.247. The van der Waals surface area contributed by atoms with Crippen LogP contribution in [-0.2, 0) is 11.8 Å². The Balaban J connectivity index is 1.59. The van der Waals surface area contributed by atoms with Crippen molar-refractivity contribution in [3.8, 4) is 11.3 Å². The Labute approximate surface area is 217 Å². The number of furan rings is 1. The van der Waals surface area contributed by atoms with Gasteiger partial charge in [-0.1, -0.05) is 53.7 Å². The normalized spacial score (nSPS) is 15.8. The van der Waals surface area contributed by atoms with Crippen molar-refractivity contribution >= 4 is 44.1 Å². The van der Waals surface area contributed by atoms with E-state index in [1.807, 2.05) is 57.2 Å². The van der Waals surface area contributed by atoms with Crippen LogP contribution in [0.3, 0.4) is 0 Å². The second kappa shape index (κ2) is 7.63. The molecule has 0 fully saturated rings. The van der Waals surface area contributed by atoms with Crippen molar-refractivity contribution in [3.63, 3.8) is 0 Å². The largest absolute Gasteiger partial charge is 0.440 e. The Bertz CT molecular complexity index is 1990. The maximum Gasteiger partial charge on any atom is 0.227 e. The number of fused-ring (bicyclic) bond motifs is 6. The predicted octanol–water partition coefficient (Wildman–Crippen LogP) is 8.53. The number of hydrogen-bond donors (Lipinski definition) is 0. The van der Waals surface area contributed by atoms with Crippen molar-refractivity contribution in [1.82, 2.24) is 15.0 Å². The molecule has 5 nitrogen and oxygen atoms in total. The van der Waals surface area contributed by atoms with Crippen molar-refractivity contribution in [3.05, 3.63) is 65.7 Å². The van der Waals surface area contributed by atoms with E-state index in [2.05, 4.69) is 4.98 Å². The van der Waals surface area contributed by atoms with Gasteiger partial charge in [0.2, 0.25) is 11.6 Å². The summed E-state index contributed by atoms with van der Waals surface area (Å²) >= 11 is 0. The third-order valence-corrected chi connectivity index (χ3v) is 6.14. The fourth-order valence-electron chi connectivity index (χ4n) is 4.47. The summed E-state index contributed by atoms with van der Waals surface area (Å²) in [6, 6.07) is 13.1. The first kappa shape index (κ1) is 17.7. The average molecular weight is 483 g/mol. The predicted molar refractivity (Wildman–Crippen MR) is 146 cm³/mol. The lowest BCUT2D eigenvalue weighted by Crippen LogP contribution is -2.10. The molecule has 0 aliphatic rings. The Morgan fingerprint density at radius 2 is 1.75 bits per heavy atom. The van der Waals surface area contributed by atoms with Gasteiger partial charge in [-0.05, 0) is 60.1 Å². The molecule has 36 heavy (non-hydrogen) atoms. The molecule has 2 aromatic carbocycles. The second-order valence-electron chi connectivity index (χ2n) is 11.4. The summed E-state index contributed by atoms with van der Waals surface area (Å²) in [5.74, 6) is 0.631. The summed E-state index contributed by atoms with van der Waals surface area (Å²) in [5, 5.41) is 2.54. The molecule has 182 valence electrons. The average Bonchev–Trinajstić information content (AvgIpc) is 3.47. The summed E-state index contributed by atoms with van der Waals surface area (Å²) < 4.78 is 54.2. The highest BCUT2D eigenvalue weighted by atomic mass is 16.4. The van der Waals surface area contributed by atoms with Gasteiger partial charge in [-0.2, -0.15) is 0 Å². The summed E-state index contributed by atoms with van der Waals surface area (Å²) in [6.07, 6.45) is -0.673. The van der Waals surface area contributed by atoms with Crippen LogP contribution in [0.15, 0.2) is 57.5 Å². The number of aromatic nitrogens is 3. The molecule has 4 heterocycles. The first-order valence-electron chi connectivity index (χ1n) is 14.5. The minimum absolute atomic E-state index is 0.0926. The summed E-state index contributed by atoms with van der Waals surface area (Å²) in [4.78, 5) is 14.1. The highest BCUT2D eigenvalue weighted by molar-refractivity contribution is 6.13. The van der Waals surface area contributed by atoms with Gasteiger partial charge in [-0.15, -0.1) is 0 Å². The molecule has 0 saturated heterocycles. The molecule has 5 heteroatoms. The Morgan fingerprint density at radius 1 is 0.917 bits per heavy atom. The zero-order chi connectivity index (χ0) is 29.7. The Hall–Kier alpha value is -3.73. The molecule has 0 aliphatic carbocycles. The highest BCUT2D eigenvalue weighted by Crippen LogP contribution is 2.38. The van der Waals surface area contributed by atoms with Crippen LogP contribution >= 0.6 is 0 Å². The summed E-state index contributed by atoms with van der Waals surface area (Å²) in [5.41, 5.74) is 2.89. The maximum atomic E-state index is 8.88. The number of benzene rings is 2. The van der Waals surface area contributed by atoms with Crippen LogP contribution in [-0.4, -0.2) is 15.0 Å². The zero-order valence-corrected chi connectivity index (χ0v) is 21.3. The number of oxazole rings is 1. The van der Waals surface area contributed by atoms with Gasteiger partial charge in [0.25, 0.3) is 0 Å². The first-order chi connectivity index (χ1) is 19.0. The number of rotatable bonds is 2. The molecule has 6 rings (SSSR count). The monoisotopic (exact) mass is 482 g/mol. The van der Waals surface area contributed by atoms with Gasteiger partial charge in [0.15, 0.2) is 5.58 Å². The van der Waals surface area contributed by atoms with E-state index in [1.54, 1.807) is 26.8 Å². The standard InChI is InChI=1S/C31H31N3O2/c1-17-16-32-23(14-19(17)15-30(2,3)4)21-10-8-9-20-22-13-18-11-12-24-26(34-29(35-24)31(5,6)7)25(18)33-28(22)36-27(20)21/h8-14,16H,15H2,1-7H3/i1D3,15D2. The second-order valence-corrected chi connectivity index (χ2v) is 11.4. The van der Waals surface area contributed by atoms with Crippen molar-refractivity contribution in [1.29, 1.82) is 0 Å². The summed E-state index contributed by atoms with van der Waals surface area (Å²) in [6.45, 7) is 8.87. The van der Waals surface area contributed by atoms with Gasteiger partial charge < -0.3 is 8.83 Å². The topological polar surface area (TPSA) is 65.0 Å². The SMILES string of the molecule is [2H]C([2H])([2H])c1cnc(-c2cccc3c2oc2nc4c(ccc5oc(C(C)(C)C)nc54)cc23)cc1C([2H])([2H])C(C)(C)C. The fraction of sp³-hybridized carbons (Fsp3) is 0.323. The Morgan fingerprint density at radius 3 is 2.50 bits per heavy atom. The molecule has 0 atom stereocenters. The molecule has 0 aliphatic heterocycles. The summed E-state index contributed by atoms with van der Waals surface area (Å²) in [7, 11) is 0. The van der Waals surface area contributed by atoms with Crippen molar-refractivity contribution in [2.45, 2.75) is 60.2 Å². The van der Waals surface area contributed by atoms with Gasteiger partial charge in [0, 0.05) is 40.2 Å². The van der Waals surface area contributed by atoms with Crippen LogP contribution < -0.4 is 0 Å². The lowest BCUT2D eigenvalue weighted by atomic mass is 9.86. The van der Waals surface area contributed by atoms with Gasteiger partial charge >= 0.3 is 0 Å². The third-order valence-electron chi connectivity index (χ3n) is 6.14. The number of nitrogens with zero attached hydrogens (tertiary/aromatic N) is 3. The zero-order valence-electron chi connectivity index (χ0n) is 26.3. The molecule has 0 radical (unpaired) electrons. The number of aryl methyl sites for hydroxylation is 1. The number of para-hydroxylation sites is 1. The Kier molecular flexibility index (Phi) is 3.74. The lowest BCUT2D eigenvalue weighted by molar-refractivity contribution is 0.410. The molecule has 0 amide bonds. The smallest absolute Gasteiger partial charge is 0.227 e. The van der Waals surface area contributed by atoms with Crippen molar-refractivity contribution in [2.24, 2.45) is 5.41 Å². The molecular weight excluding hydrogens is 446 g/mol. The fourth-order valence-corrected chi connectivity index (χ4v) is 4.47. The van der Waals surface area contributed by atoms with Crippen LogP contribution in [0.1, 0.15) is 65.4 Å². The highest BCUT2D eigenvalue weighted by Gasteiger charge is 2.23. The lowest BCUT2D eigenvalue weighted by Gasteiger charge is -2.20. The number of pyridine rings is 2. The van der Waals surface area contributed by atoms with Crippen molar-refractivity contribution < 1.29 is 15.7 Å². The van der Waals surface area contributed by atoms with E-state index in [4.69, 9.17) is 25.7 Å². The van der Waals surface area contributed by atoms with E-state index >= 15 is 0 Å². The van der Waals surface area contributed by atoms with E-state index in [-0.39, 0.29) is 16.5 Å².